The molecule has 7 heteroatoms. The van der Waals surface area contributed by atoms with Gasteiger partial charge >= 0.3 is 0 Å². The predicted molar refractivity (Wildman–Crippen MR) is 77.8 cm³/mol. The minimum atomic E-state index is -0.679. The maximum Gasteiger partial charge on any atom is 0.257 e. The van der Waals surface area contributed by atoms with Gasteiger partial charge < -0.3 is 15.1 Å². The number of carbonyl (C=O) groups excluding carboxylic acids is 2. The maximum absolute atomic E-state index is 13.9. The van der Waals surface area contributed by atoms with Crippen molar-refractivity contribution in [3.63, 3.8) is 0 Å². The summed E-state index contributed by atoms with van der Waals surface area (Å²) in [6, 6.07) is 3.28. The largest absolute Gasteiger partial charge is 0.347 e. The summed E-state index contributed by atoms with van der Waals surface area (Å²) in [4.78, 5) is 27.5. The Labute approximate surface area is 127 Å². The second kappa shape index (κ2) is 6.41. The molecule has 1 aromatic carbocycles. The lowest BCUT2D eigenvalue weighted by atomic mass is 10.1. The first-order valence-electron chi connectivity index (χ1n) is 6.59. The van der Waals surface area contributed by atoms with Crippen LogP contribution in [0.1, 0.15) is 10.4 Å². The highest BCUT2D eigenvalue weighted by molar-refractivity contribution is 6.30. The van der Waals surface area contributed by atoms with Crippen LogP contribution >= 0.6 is 11.6 Å². The van der Waals surface area contributed by atoms with E-state index in [0.717, 1.165) is 6.07 Å². The van der Waals surface area contributed by atoms with Gasteiger partial charge in [-0.05, 0) is 18.2 Å². The van der Waals surface area contributed by atoms with Gasteiger partial charge in [0.2, 0.25) is 5.91 Å². The molecule has 21 heavy (non-hydrogen) atoms. The molecular weight excluding hydrogens is 297 g/mol. The van der Waals surface area contributed by atoms with Crippen molar-refractivity contribution >= 4 is 23.4 Å². The normalized spacial score (nSPS) is 18.5. The number of likely N-dealkylation sites (N-methyl/N-ethyl adjacent to an activating group) is 1. The van der Waals surface area contributed by atoms with E-state index in [4.69, 9.17) is 11.6 Å². The summed E-state index contributed by atoms with van der Waals surface area (Å²) in [5.41, 5.74) is -0.0714. The van der Waals surface area contributed by atoms with Crippen molar-refractivity contribution in [2.45, 2.75) is 6.04 Å². The minimum Gasteiger partial charge on any atom is -0.347 e. The van der Waals surface area contributed by atoms with Crippen LogP contribution in [0.25, 0.3) is 0 Å². The summed E-state index contributed by atoms with van der Waals surface area (Å²) in [6.07, 6.45) is 0. The van der Waals surface area contributed by atoms with Crippen molar-refractivity contribution < 1.29 is 14.0 Å². The molecule has 1 heterocycles. The van der Waals surface area contributed by atoms with Crippen molar-refractivity contribution in [2.75, 3.05) is 33.7 Å². The summed E-state index contributed by atoms with van der Waals surface area (Å²) >= 11 is 5.69. The number of nitrogens with one attached hydrogen (secondary N) is 1. The molecule has 1 unspecified atom stereocenters. The fourth-order valence-corrected chi connectivity index (χ4v) is 2.44. The van der Waals surface area contributed by atoms with Gasteiger partial charge in [-0.15, -0.1) is 0 Å². The highest BCUT2D eigenvalue weighted by Crippen LogP contribution is 2.18. The first kappa shape index (κ1) is 15.7. The summed E-state index contributed by atoms with van der Waals surface area (Å²) in [5.74, 6) is -1.36. The molecule has 0 bridgehead atoms. The average molecular weight is 314 g/mol. The lowest BCUT2D eigenvalue weighted by Gasteiger charge is -2.36. The van der Waals surface area contributed by atoms with Gasteiger partial charge in [0, 0.05) is 38.8 Å². The second-order valence-electron chi connectivity index (χ2n) is 5.08. The van der Waals surface area contributed by atoms with Crippen LogP contribution in [-0.2, 0) is 4.79 Å². The number of hydrogen-bond donors (Lipinski definition) is 1. The quantitative estimate of drug-likeness (QED) is 0.885. The fourth-order valence-electron chi connectivity index (χ4n) is 2.28. The van der Waals surface area contributed by atoms with E-state index < -0.39 is 17.8 Å². The molecule has 1 aliphatic heterocycles. The summed E-state index contributed by atoms with van der Waals surface area (Å²) < 4.78 is 13.9. The molecule has 0 radical (unpaired) electrons. The van der Waals surface area contributed by atoms with Gasteiger partial charge in [0.15, 0.2) is 0 Å². The number of rotatable bonds is 2. The average Bonchev–Trinajstić information content (AvgIpc) is 2.45. The molecular formula is C14H17ClFN3O2. The van der Waals surface area contributed by atoms with Gasteiger partial charge in [0.05, 0.1) is 5.56 Å². The van der Waals surface area contributed by atoms with Crippen LogP contribution in [-0.4, -0.2) is 61.4 Å². The molecule has 1 aliphatic rings. The fraction of sp³-hybridized carbons (Fsp3) is 0.429. The maximum atomic E-state index is 13.9. The van der Waals surface area contributed by atoms with Crippen molar-refractivity contribution in [1.82, 2.24) is 15.1 Å². The molecule has 1 fully saturated rings. The van der Waals surface area contributed by atoms with Crippen LogP contribution < -0.4 is 5.32 Å². The molecule has 5 nitrogen and oxygen atoms in total. The number of nitrogens with zero attached hydrogens (tertiary/aromatic N) is 2. The summed E-state index contributed by atoms with van der Waals surface area (Å²) in [7, 11) is 3.25. The Bertz CT molecular complexity index is 565. The number of carbonyl (C=O) groups is 2. The molecule has 1 aromatic rings. The Hall–Kier alpha value is -1.66. The third kappa shape index (κ3) is 3.33. The monoisotopic (exact) mass is 313 g/mol. The molecule has 0 aromatic heterocycles. The van der Waals surface area contributed by atoms with Crippen molar-refractivity contribution in [2.24, 2.45) is 0 Å². The Morgan fingerprint density at radius 1 is 1.43 bits per heavy atom. The van der Waals surface area contributed by atoms with E-state index in [-0.39, 0.29) is 16.5 Å². The van der Waals surface area contributed by atoms with Gasteiger partial charge in [0.1, 0.15) is 11.9 Å². The highest BCUT2D eigenvalue weighted by Gasteiger charge is 2.34. The Balaban J connectivity index is 2.28. The van der Waals surface area contributed by atoms with Crippen LogP contribution in [0.4, 0.5) is 4.39 Å². The first-order valence-corrected chi connectivity index (χ1v) is 6.97. The lowest BCUT2D eigenvalue weighted by Crippen LogP contribution is -2.59. The minimum absolute atomic E-state index is 0.0714. The zero-order chi connectivity index (χ0) is 15.6. The topological polar surface area (TPSA) is 52.7 Å². The van der Waals surface area contributed by atoms with Gasteiger partial charge in [0.25, 0.3) is 5.91 Å². The first-order chi connectivity index (χ1) is 9.91. The predicted octanol–water partition coefficient (Wildman–Crippen LogP) is 0.981. The molecule has 0 spiro atoms. The van der Waals surface area contributed by atoms with Crippen molar-refractivity contribution in [3.8, 4) is 0 Å². The highest BCUT2D eigenvalue weighted by atomic mass is 35.5. The van der Waals surface area contributed by atoms with Crippen molar-refractivity contribution in [1.29, 1.82) is 0 Å². The Morgan fingerprint density at radius 3 is 2.76 bits per heavy atom. The van der Waals surface area contributed by atoms with E-state index in [1.165, 1.54) is 21.9 Å². The molecule has 1 N–H and O–H groups in total. The van der Waals surface area contributed by atoms with Crippen LogP contribution in [0.2, 0.25) is 5.02 Å². The molecule has 1 saturated heterocycles. The molecule has 114 valence electrons. The Kier molecular flexibility index (Phi) is 4.80. The number of benzene rings is 1. The molecule has 2 amide bonds. The zero-order valence-electron chi connectivity index (χ0n) is 11.9. The number of halogens is 2. The summed E-state index contributed by atoms with van der Waals surface area (Å²) in [5, 5.41) is 3.30. The Morgan fingerprint density at radius 2 is 2.14 bits per heavy atom. The third-order valence-corrected chi connectivity index (χ3v) is 3.63. The molecule has 1 atom stereocenters. The molecule has 2 rings (SSSR count). The van der Waals surface area contributed by atoms with E-state index >= 15 is 0 Å². The smallest absolute Gasteiger partial charge is 0.257 e. The van der Waals surface area contributed by atoms with Crippen LogP contribution in [0.15, 0.2) is 18.2 Å². The van der Waals surface area contributed by atoms with Crippen LogP contribution in [0.5, 0.6) is 0 Å². The zero-order valence-corrected chi connectivity index (χ0v) is 12.7. The SMILES string of the molecule is CN(C)C(=O)C1CNCCN1C(=O)c1ccc(Cl)cc1F. The van der Waals surface area contributed by atoms with E-state index in [0.29, 0.717) is 19.6 Å². The van der Waals surface area contributed by atoms with Gasteiger partial charge in [-0.3, -0.25) is 9.59 Å². The number of piperazine rings is 1. The van der Waals surface area contributed by atoms with Crippen molar-refractivity contribution in [3.05, 3.63) is 34.6 Å². The standard InChI is InChI=1S/C14H17ClFN3O2/c1-18(2)14(21)12-8-17-5-6-19(12)13(20)10-4-3-9(15)7-11(10)16/h3-4,7,12,17H,5-6,8H2,1-2H3. The lowest BCUT2D eigenvalue weighted by molar-refractivity contribution is -0.134. The van der Waals surface area contributed by atoms with Gasteiger partial charge in [-0.2, -0.15) is 0 Å². The van der Waals surface area contributed by atoms with Crippen LogP contribution in [0.3, 0.4) is 0 Å². The van der Waals surface area contributed by atoms with Gasteiger partial charge in [-0.1, -0.05) is 11.6 Å². The molecule has 0 saturated carbocycles. The van der Waals surface area contributed by atoms with E-state index in [2.05, 4.69) is 5.32 Å². The number of hydrogen-bond acceptors (Lipinski definition) is 3. The van der Waals surface area contributed by atoms with E-state index in [1.807, 2.05) is 0 Å². The van der Waals surface area contributed by atoms with Crippen LogP contribution in [0, 0.1) is 5.82 Å². The third-order valence-electron chi connectivity index (χ3n) is 3.39. The number of amides is 2. The van der Waals surface area contributed by atoms with E-state index in [1.54, 1.807) is 14.1 Å². The van der Waals surface area contributed by atoms with E-state index in [9.17, 15) is 14.0 Å². The second-order valence-corrected chi connectivity index (χ2v) is 5.51. The van der Waals surface area contributed by atoms with Gasteiger partial charge in [-0.25, -0.2) is 4.39 Å². The summed E-state index contributed by atoms with van der Waals surface area (Å²) in [6.45, 7) is 1.28. The molecule has 0 aliphatic carbocycles.